The Labute approximate surface area is 106 Å². The number of rotatable bonds is 5. The second-order valence-electron chi connectivity index (χ2n) is 4.21. The number of aryl methyl sites for hydroxylation is 1. The largest absolute Gasteiger partial charge is 0.473 e. The van der Waals surface area contributed by atoms with E-state index in [2.05, 4.69) is 36.1 Å². The number of nitrogen functional groups attached to an aromatic ring is 1. The molecule has 0 saturated heterocycles. The van der Waals surface area contributed by atoms with E-state index < -0.39 is 0 Å². The zero-order valence-electron chi connectivity index (χ0n) is 11.1. The van der Waals surface area contributed by atoms with Crippen molar-refractivity contribution < 1.29 is 4.74 Å². The second kappa shape index (κ2) is 5.20. The highest BCUT2D eigenvalue weighted by Crippen LogP contribution is 2.19. The fraction of sp³-hybridized carbons (Fsp3) is 0.583. The highest BCUT2D eigenvalue weighted by molar-refractivity contribution is 5.50. The average molecular weight is 249 g/mol. The lowest BCUT2D eigenvalue weighted by atomic mass is 10.2. The molecule has 98 valence electrons. The quantitative estimate of drug-likeness (QED) is 0.874. The van der Waals surface area contributed by atoms with E-state index >= 15 is 0 Å². The van der Waals surface area contributed by atoms with Gasteiger partial charge in [-0.05, 0) is 19.3 Å². The van der Waals surface area contributed by atoms with Crippen molar-refractivity contribution in [3.63, 3.8) is 0 Å². The van der Waals surface area contributed by atoms with Crippen LogP contribution in [0, 0.1) is 0 Å². The van der Waals surface area contributed by atoms with Crippen molar-refractivity contribution in [2.24, 2.45) is 0 Å². The molecule has 2 aromatic rings. The van der Waals surface area contributed by atoms with E-state index in [9.17, 15) is 0 Å². The normalized spacial score (nSPS) is 11.3. The molecule has 6 heteroatoms. The Morgan fingerprint density at radius 1 is 1.28 bits per heavy atom. The van der Waals surface area contributed by atoms with Crippen molar-refractivity contribution in [3.05, 3.63) is 11.6 Å². The third kappa shape index (κ3) is 2.23. The summed E-state index contributed by atoms with van der Waals surface area (Å²) in [6.07, 6.45) is 2.92. The summed E-state index contributed by atoms with van der Waals surface area (Å²) in [5.74, 6) is 0.870. The summed E-state index contributed by atoms with van der Waals surface area (Å²) >= 11 is 0. The Morgan fingerprint density at radius 3 is 2.61 bits per heavy atom. The zero-order chi connectivity index (χ0) is 13.1. The highest BCUT2D eigenvalue weighted by atomic mass is 16.5. The Bertz CT molecular complexity index is 532. The minimum Gasteiger partial charge on any atom is -0.473 e. The molecule has 0 aromatic carbocycles. The summed E-state index contributed by atoms with van der Waals surface area (Å²) < 4.78 is 7.38. The molecule has 0 radical (unpaired) electrons. The molecule has 0 amide bonds. The summed E-state index contributed by atoms with van der Waals surface area (Å²) in [6, 6.07) is 1.92. The molecule has 18 heavy (non-hydrogen) atoms. The maximum absolute atomic E-state index is 5.84. The van der Waals surface area contributed by atoms with Gasteiger partial charge in [0.25, 0.3) is 0 Å². The third-order valence-electron chi connectivity index (χ3n) is 3.03. The van der Waals surface area contributed by atoms with Gasteiger partial charge in [0.1, 0.15) is 0 Å². The van der Waals surface area contributed by atoms with Gasteiger partial charge in [-0.15, -0.1) is 15.3 Å². The monoisotopic (exact) mass is 249 g/mol. The molecular formula is C12H19N5O. The number of fused-ring (bicyclic) bond motifs is 1. The molecule has 2 N–H and O–H groups in total. The van der Waals surface area contributed by atoms with Crippen LogP contribution in [-0.2, 0) is 6.42 Å². The fourth-order valence-corrected chi connectivity index (χ4v) is 1.88. The van der Waals surface area contributed by atoms with Gasteiger partial charge >= 0.3 is 0 Å². The van der Waals surface area contributed by atoms with Crippen LogP contribution < -0.4 is 10.5 Å². The van der Waals surface area contributed by atoms with Crippen molar-refractivity contribution in [2.75, 3.05) is 5.73 Å². The lowest BCUT2D eigenvalue weighted by Gasteiger charge is -2.15. The molecule has 0 aliphatic heterocycles. The fourth-order valence-electron chi connectivity index (χ4n) is 1.88. The molecule has 0 aliphatic rings. The van der Waals surface area contributed by atoms with Gasteiger partial charge in [0.2, 0.25) is 11.8 Å². The maximum atomic E-state index is 5.84. The summed E-state index contributed by atoms with van der Waals surface area (Å²) in [4.78, 5) is 0. The number of nitrogens with two attached hydrogens (primary N) is 1. The van der Waals surface area contributed by atoms with Gasteiger partial charge in [0, 0.05) is 11.6 Å². The van der Waals surface area contributed by atoms with Crippen LogP contribution in [0.5, 0.6) is 5.88 Å². The van der Waals surface area contributed by atoms with Crippen molar-refractivity contribution >= 4 is 11.6 Å². The van der Waals surface area contributed by atoms with E-state index in [0.29, 0.717) is 11.5 Å². The number of hydrogen-bond donors (Lipinski definition) is 1. The topological polar surface area (TPSA) is 78.3 Å². The van der Waals surface area contributed by atoms with Crippen LogP contribution in [0.15, 0.2) is 6.07 Å². The second-order valence-corrected chi connectivity index (χ2v) is 4.21. The van der Waals surface area contributed by atoms with Crippen molar-refractivity contribution in [3.8, 4) is 5.88 Å². The maximum Gasteiger partial charge on any atom is 0.243 e. The van der Waals surface area contributed by atoms with Crippen LogP contribution in [0.1, 0.15) is 39.2 Å². The van der Waals surface area contributed by atoms with Crippen LogP contribution in [0.25, 0.3) is 5.65 Å². The van der Waals surface area contributed by atoms with Crippen LogP contribution in [-0.4, -0.2) is 25.9 Å². The first kappa shape index (κ1) is 12.6. The van der Waals surface area contributed by atoms with Gasteiger partial charge < -0.3 is 10.5 Å². The van der Waals surface area contributed by atoms with E-state index in [1.807, 2.05) is 6.07 Å². The van der Waals surface area contributed by atoms with Crippen LogP contribution >= 0.6 is 0 Å². The lowest BCUT2D eigenvalue weighted by molar-refractivity contribution is 0.182. The number of anilines is 1. The van der Waals surface area contributed by atoms with Crippen molar-refractivity contribution in [1.82, 2.24) is 19.8 Å². The predicted octanol–water partition coefficient (Wildman–Crippen LogP) is 1.84. The Kier molecular flexibility index (Phi) is 3.64. The molecule has 6 nitrogen and oxygen atoms in total. The SMILES string of the molecule is CCc1cc(OC(CC)CC)nn2c(N)nnc12. The van der Waals surface area contributed by atoms with Gasteiger partial charge in [0.05, 0.1) is 6.10 Å². The molecule has 0 aliphatic carbocycles. The molecule has 0 saturated carbocycles. The summed E-state index contributed by atoms with van der Waals surface area (Å²) in [5.41, 5.74) is 7.47. The minimum absolute atomic E-state index is 0.178. The number of ether oxygens (including phenoxy) is 1. The smallest absolute Gasteiger partial charge is 0.243 e. The van der Waals surface area contributed by atoms with E-state index in [1.165, 1.54) is 4.52 Å². The van der Waals surface area contributed by atoms with Crippen molar-refractivity contribution in [2.45, 2.75) is 46.1 Å². The molecule has 0 unspecified atom stereocenters. The summed E-state index contributed by atoms with van der Waals surface area (Å²) in [5, 5.41) is 12.2. The first-order valence-corrected chi connectivity index (χ1v) is 6.37. The van der Waals surface area contributed by atoms with Gasteiger partial charge in [-0.3, -0.25) is 0 Å². The van der Waals surface area contributed by atoms with Gasteiger partial charge in [-0.25, -0.2) is 0 Å². The van der Waals surface area contributed by atoms with Gasteiger partial charge in [0.15, 0.2) is 5.65 Å². The zero-order valence-corrected chi connectivity index (χ0v) is 11.1. The molecule has 0 atom stereocenters. The molecule has 0 spiro atoms. The molecular weight excluding hydrogens is 230 g/mol. The Morgan fingerprint density at radius 2 is 2.00 bits per heavy atom. The molecule has 2 aromatic heterocycles. The number of hydrogen-bond acceptors (Lipinski definition) is 5. The predicted molar refractivity (Wildman–Crippen MR) is 69.6 cm³/mol. The van der Waals surface area contributed by atoms with Gasteiger partial charge in [-0.2, -0.15) is 4.52 Å². The Balaban J connectivity index is 2.42. The molecule has 2 heterocycles. The first-order chi connectivity index (χ1) is 8.69. The van der Waals surface area contributed by atoms with E-state index in [4.69, 9.17) is 10.5 Å². The standard InChI is InChI=1S/C12H19N5O/c1-4-8-7-10(18-9(5-2)6-3)16-17-11(8)14-15-12(17)13/h7,9H,4-6H2,1-3H3,(H2,13,15). The van der Waals surface area contributed by atoms with Crippen LogP contribution in [0.3, 0.4) is 0 Å². The summed E-state index contributed by atoms with van der Waals surface area (Å²) in [7, 11) is 0. The third-order valence-corrected chi connectivity index (χ3v) is 3.03. The lowest BCUT2D eigenvalue weighted by Crippen LogP contribution is -2.16. The molecule has 0 fully saturated rings. The van der Waals surface area contributed by atoms with E-state index in [0.717, 1.165) is 24.8 Å². The summed E-state index contributed by atoms with van der Waals surface area (Å²) in [6.45, 7) is 6.25. The van der Waals surface area contributed by atoms with Crippen LogP contribution in [0.4, 0.5) is 5.95 Å². The van der Waals surface area contributed by atoms with Crippen molar-refractivity contribution in [1.29, 1.82) is 0 Å². The van der Waals surface area contributed by atoms with Crippen LogP contribution in [0.2, 0.25) is 0 Å². The minimum atomic E-state index is 0.178. The number of nitrogens with zero attached hydrogens (tertiary/aromatic N) is 4. The Hall–Kier alpha value is -1.85. The van der Waals surface area contributed by atoms with E-state index in [1.54, 1.807) is 0 Å². The average Bonchev–Trinajstić information content (AvgIpc) is 2.77. The molecule has 0 bridgehead atoms. The van der Waals surface area contributed by atoms with Gasteiger partial charge in [-0.1, -0.05) is 20.8 Å². The number of aromatic nitrogens is 4. The van der Waals surface area contributed by atoms with E-state index in [-0.39, 0.29) is 12.1 Å². The molecule has 2 rings (SSSR count). The first-order valence-electron chi connectivity index (χ1n) is 6.37. The highest BCUT2D eigenvalue weighted by Gasteiger charge is 2.13.